The minimum absolute atomic E-state index is 0.0154. The zero-order valence-electron chi connectivity index (χ0n) is 6.50. The van der Waals surface area contributed by atoms with E-state index >= 15 is 0 Å². The van der Waals surface area contributed by atoms with Crippen molar-refractivity contribution in [2.24, 2.45) is 0 Å². The van der Waals surface area contributed by atoms with E-state index < -0.39 is 0 Å². The SMILES string of the molecule is [2H]c1nc(N)c(C#N)nc1CCl. The van der Waals surface area contributed by atoms with E-state index in [9.17, 15) is 0 Å². The third kappa shape index (κ3) is 1.57. The Labute approximate surface area is 70.0 Å². The molecule has 0 aromatic carbocycles. The van der Waals surface area contributed by atoms with Gasteiger partial charge in [-0.15, -0.1) is 11.6 Å². The molecule has 0 fully saturated rings. The van der Waals surface area contributed by atoms with Gasteiger partial charge in [0.25, 0.3) is 0 Å². The Balaban J connectivity index is 3.30. The first-order chi connectivity index (χ1) is 5.69. The van der Waals surface area contributed by atoms with Crippen molar-refractivity contribution >= 4 is 17.4 Å². The number of aromatic nitrogens is 2. The summed E-state index contributed by atoms with van der Waals surface area (Å²) in [5, 5.41) is 8.49. The van der Waals surface area contributed by atoms with Crippen LogP contribution in [0.4, 0.5) is 5.82 Å². The quantitative estimate of drug-likeness (QED) is 0.627. The third-order valence-electron chi connectivity index (χ3n) is 1.03. The van der Waals surface area contributed by atoms with Gasteiger partial charge in [0, 0.05) is 0 Å². The molecule has 11 heavy (non-hydrogen) atoms. The highest BCUT2D eigenvalue weighted by atomic mass is 35.5. The number of alkyl halides is 1. The van der Waals surface area contributed by atoms with Gasteiger partial charge in [-0.05, 0) is 0 Å². The zero-order valence-corrected chi connectivity index (χ0v) is 6.26. The van der Waals surface area contributed by atoms with Crippen LogP contribution in [0.1, 0.15) is 12.8 Å². The standard InChI is InChI=1S/C6H5ClN4/c7-1-4-3-10-6(9)5(2-8)11-4/h3H,1H2,(H2,9,10)/i3D. The van der Waals surface area contributed by atoms with Crippen LogP contribution in [0.25, 0.3) is 0 Å². The molecule has 1 rings (SSSR count). The highest BCUT2D eigenvalue weighted by Crippen LogP contribution is 2.05. The smallest absolute Gasteiger partial charge is 0.183 e. The fourth-order valence-electron chi connectivity index (χ4n) is 0.537. The van der Waals surface area contributed by atoms with Crippen LogP contribution in [0.3, 0.4) is 0 Å². The van der Waals surface area contributed by atoms with E-state index in [1.807, 2.05) is 0 Å². The summed E-state index contributed by atoms with van der Waals surface area (Å²) in [5.74, 6) is 0.0252. The molecule has 4 nitrogen and oxygen atoms in total. The van der Waals surface area contributed by atoms with Gasteiger partial charge in [0.05, 0.1) is 19.1 Å². The molecular weight excluding hydrogens is 164 g/mol. The molecule has 0 saturated heterocycles. The first-order valence-electron chi connectivity index (χ1n) is 3.28. The van der Waals surface area contributed by atoms with Gasteiger partial charge < -0.3 is 5.73 Å². The Morgan fingerprint density at radius 2 is 2.64 bits per heavy atom. The van der Waals surface area contributed by atoms with Crippen LogP contribution in [0.5, 0.6) is 0 Å². The predicted molar refractivity (Wildman–Crippen MR) is 40.7 cm³/mol. The van der Waals surface area contributed by atoms with Crippen LogP contribution >= 0.6 is 11.6 Å². The summed E-state index contributed by atoms with van der Waals surface area (Å²) in [6.07, 6.45) is -0.0819. The molecule has 0 saturated carbocycles. The molecule has 1 aromatic heterocycles. The maximum absolute atomic E-state index is 8.49. The highest BCUT2D eigenvalue weighted by Gasteiger charge is 2.01. The number of rotatable bonds is 1. The van der Waals surface area contributed by atoms with Gasteiger partial charge >= 0.3 is 0 Å². The molecule has 0 unspecified atom stereocenters. The van der Waals surface area contributed by atoms with E-state index in [0.717, 1.165) is 0 Å². The van der Waals surface area contributed by atoms with Gasteiger partial charge in [0.15, 0.2) is 11.5 Å². The van der Waals surface area contributed by atoms with Crippen molar-refractivity contribution in [3.63, 3.8) is 0 Å². The number of nitrogens with zero attached hydrogens (tertiary/aromatic N) is 3. The number of halogens is 1. The topological polar surface area (TPSA) is 75.6 Å². The Kier molecular flexibility index (Phi) is 1.84. The largest absolute Gasteiger partial charge is 0.381 e. The van der Waals surface area contributed by atoms with Crippen LogP contribution in [0, 0.1) is 11.3 Å². The first kappa shape index (κ1) is 6.38. The summed E-state index contributed by atoms with van der Waals surface area (Å²) in [4.78, 5) is 7.33. The molecule has 2 N–H and O–H groups in total. The van der Waals surface area contributed by atoms with Crippen molar-refractivity contribution in [1.29, 1.82) is 5.26 Å². The Hall–Kier alpha value is -1.34. The van der Waals surface area contributed by atoms with Gasteiger partial charge in [-0.1, -0.05) is 0 Å². The number of nitriles is 1. The van der Waals surface area contributed by atoms with Gasteiger partial charge in [-0.25, -0.2) is 9.97 Å². The molecule has 0 aliphatic heterocycles. The van der Waals surface area contributed by atoms with E-state index in [1.54, 1.807) is 6.07 Å². The number of nitrogen functional groups attached to an aromatic ring is 1. The summed E-state index contributed by atoms with van der Waals surface area (Å²) in [6, 6.07) is 1.76. The Morgan fingerprint density at radius 1 is 1.91 bits per heavy atom. The van der Waals surface area contributed by atoms with Crippen molar-refractivity contribution in [3.8, 4) is 6.07 Å². The molecule has 0 aliphatic carbocycles. The van der Waals surface area contributed by atoms with Gasteiger partial charge in [-0.3, -0.25) is 0 Å². The summed E-state index contributed by atoms with van der Waals surface area (Å²) in [6.45, 7) is 0. The molecule has 5 heteroatoms. The zero-order chi connectivity index (χ0) is 9.14. The van der Waals surface area contributed by atoms with Crippen molar-refractivity contribution in [1.82, 2.24) is 9.97 Å². The summed E-state index contributed by atoms with van der Waals surface area (Å²) in [5.41, 5.74) is 5.58. The first-order valence-corrected chi connectivity index (χ1v) is 3.31. The second-order valence-corrected chi connectivity index (χ2v) is 2.03. The highest BCUT2D eigenvalue weighted by molar-refractivity contribution is 6.16. The molecule has 0 atom stereocenters. The molecule has 0 amide bonds. The summed E-state index contributed by atoms with van der Waals surface area (Å²) >= 11 is 5.44. The second-order valence-electron chi connectivity index (χ2n) is 1.76. The lowest BCUT2D eigenvalue weighted by Crippen LogP contribution is -1.99. The fourth-order valence-corrected chi connectivity index (χ4v) is 0.656. The Bertz CT molecular complexity index is 346. The van der Waals surface area contributed by atoms with Crippen molar-refractivity contribution in [2.45, 2.75) is 5.88 Å². The molecule has 1 aromatic rings. The molecule has 0 aliphatic rings. The molecule has 0 radical (unpaired) electrons. The van der Waals surface area contributed by atoms with Gasteiger partial charge in [0.2, 0.25) is 0 Å². The molecule has 56 valence electrons. The van der Waals surface area contributed by atoms with E-state index in [2.05, 4.69) is 9.97 Å². The number of hydrogen-bond acceptors (Lipinski definition) is 4. The normalized spacial score (nSPS) is 10.4. The predicted octanol–water partition coefficient (Wildman–Crippen LogP) is 0.669. The van der Waals surface area contributed by atoms with Gasteiger partial charge in [0.1, 0.15) is 6.07 Å². The summed E-state index contributed by atoms with van der Waals surface area (Å²) < 4.78 is 7.24. The lowest BCUT2D eigenvalue weighted by molar-refractivity contribution is 1.08. The van der Waals surface area contributed by atoms with Crippen molar-refractivity contribution < 1.29 is 1.37 Å². The molecule has 1 heterocycles. The lowest BCUT2D eigenvalue weighted by atomic mass is 10.4. The number of anilines is 1. The third-order valence-corrected chi connectivity index (χ3v) is 1.28. The van der Waals surface area contributed by atoms with Crippen LogP contribution in [-0.4, -0.2) is 9.97 Å². The molecule has 0 spiro atoms. The lowest BCUT2D eigenvalue weighted by Gasteiger charge is -1.96. The Morgan fingerprint density at radius 3 is 3.18 bits per heavy atom. The van der Waals surface area contributed by atoms with E-state index in [1.165, 1.54) is 0 Å². The number of hydrogen-bond donors (Lipinski definition) is 1. The van der Waals surface area contributed by atoms with Crippen molar-refractivity contribution in [3.05, 3.63) is 17.6 Å². The minimum atomic E-state index is -0.0819. The van der Waals surface area contributed by atoms with Crippen LogP contribution < -0.4 is 5.73 Å². The maximum Gasteiger partial charge on any atom is 0.183 e. The maximum atomic E-state index is 8.49. The average Bonchev–Trinajstić information content (AvgIpc) is 2.05. The summed E-state index contributed by atoms with van der Waals surface area (Å²) in [7, 11) is 0. The minimum Gasteiger partial charge on any atom is -0.381 e. The van der Waals surface area contributed by atoms with E-state index in [4.69, 9.17) is 24.0 Å². The van der Waals surface area contributed by atoms with Crippen LogP contribution in [-0.2, 0) is 5.88 Å². The second kappa shape index (κ2) is 3.17. The van der Waals surface area contributed by atoms with Crippen LogP contribution in [0.2, 0.25) is 0 Å². The molecular formula is C6H5ClN4. The average molecular weight is 170 g/mol. The van der Waals surface area contributed by atoms with Crippen LogP contribution in [0.15, 0.2) is 6.17 Å². The van der Waals surface area contributed by atoms with E-state index in [-0.39, 0.29) is 29.3 Å². The fraction of sp³-hybridized carbons (Fsp3) is 0.167. The number of nitrogens with two attached hydrogens (primary N) is 1. The van der Waals surface area contributed by atoms with Crippen molar-refractivity contribution in [2.75, 3.05) is 5.73 Å². The van der Waals surface area contributed by atoms with Gasteiger partial charge in [-0.2, -0.15) is 5.26 Å². The van der Waals surface area contributed by atoms with E-state index in [0.29, 0.717) is 0 Å². The molecule has 0 bridgehead atoms. The monoisotopic (exact) mass is 169 g/mol.